The highest BCUT2D eigenvalue weighted by atomic mass is 35.5. The van der Waals surface area contributed by atoms with Gasteiger partial charge in [-0.05, 0) is 30.3 Å². The van der Waals surface area contributed by atoms with Crippen LogP contribution in [0.4, 0.5) is 24.7 Å². The first-order valence-corrected chi connectivity index (χ1v) is 5.40. The topological polar surface area (TPSA) is 24.9 Å². The Morgan fingerprint density at radius 2 is 1.78 bits per heavy atom. The van der Waals surface area contributed by atoms with Gasteiger partial charge >= 0.3 is 6.18 Å². The second-order valence-electron chi connectivity index (χ2n) is 3.55. The lowest BCUT2D eigenvalue weighted by molar-refractivity contribution is -0.137. The molecule has 1 aromatic carbocycles. The Morgan fingerprint density at radius 1 is 1.06 bits per heavy atom. The van der Waals surface area contributed by atoms with Crippen molar-refractivity contribution in [3.05, 3.63) is 53.2 Å². The van der Waals surface area contributed by atoms with Crippen LogP contribution in [0.25, 0.3) is 0 Å². The zero-order chi connectivity index (χ0) is 13.2. The Morgan fingerprint density at radius 3 is 2.44 bits per heavy atom. The Hall–Kier alpha value is -1.75. The molecule has 1 heterocycles. The third-order valence-corrected chi connectivity index (χ3v) is 2.39. The van der Waals surface area contributed by atoms with E-state index in [0.717, 1.165) is 12.1 Å². The Kier molecular flexibility index (Phi) is 3.43. The number of anilines is 2. The number of pyridine rings is 1. The molecule has 0 saturated heterocycles. The van der Waals surface area contributed by atoms with Crippen molar-refractivity contribution in [2.75, 3.05) is 5.32 Å². The average Bonchev–Trinajstić information content (AvgIpc) is 2.28. The van der Waals surface area contributed by atoms with Crippen molar-refractivity contribution in [2.24, 2.45) is 0 Å². The number of nitrogens with one attached hydrogen (secondary N) is 1. The van der Waals surface area contributed by atoms with Crippen molar-refractivity contribution in [1.82, 2.24) is 4.98 Å². The summed E-state index contributed by atoms with van der Waals surface area (Å²) in [6.45, 7) is 0. The molecule has 2 nitrogen and oxygen atoms in total. The van der Waals surface area contributed by atoms with Gasteiger partial charge in [-0.3, -0.25) is 0 Å². The first kappa shape index (κ1) is 12.7. The molecule has 0 amide bonds. The van der Waals surface area contributed by atoms with Crippen molar-refractivity contribution < 1.29 is 13.2 Å². The van der Waals surface area contributed by atoms with E-state index in [1.165, 1.54) is 12.1 Å². The molecule has 0 aliphatic carbocycles. The largest absolute Gasteiger partial charge is 0.416 e. The summed E-state index contributed by atoms with van der Waals surface area (Å²) in [4.78, 5) is 3.93. The summed E-state index contributed by atoms with van der Waals surface area (Å²) in [6, 6.07) is 9.74. The molecule has 0 fully saturated rings. The molecule has 0 aliphatic heterocycles. The molecule has 0 bridgehead atoms. The number of benzene rings is 1. The molecular weight excluding hydrogens is 265 g/mol. The number of aromatic nitrogens is 1. The number of halogens is 4. The molecule has 0 unspecified atom stereocenters. The van der Waals surface area contributed by atoms with Gasteiger partial charge in [-0.2, -0.15) is 13.2 Å². The average molecular weight is 273 g/mol. The molecule has 6 heteroatoms. The molecule has 0 radical (unpaired) electrons. The number of nitrogens with zero attached hydrogens (tertiary/aromatic N) is 1. The standard InChI is InChI=1S/C12H8ClF3N2/c13-10-5-2-6-11(18-10)17-9-4-1-3-8(7-9)12(14,15)16/h1-7H,(H,17,18). The summed E-state index contributed by atoms with van der Waals surface area (Å²) >= 11 is 5.68. The van der Waals surface area contributed by atoms with Gasteiger partial charge < -0.3 is 5.32 Å². The van der Waals surface area contributed by atoms with E-state index in [4.69, 9.17) is 11.6 Å². The molecular formula is C12H8ClF3N2. The van der Waals surface area contributed by atoms with E-state index in [1.807, 2.05) is 0 Å². The van der Waals surface area contributed by atoms with Crippen LogP contribution in [0.2, 0.25) is 5.15 Å². The summed E-state index contributed by atoms with van der Waals surface area (Å²) < 4.78 is 37.5. The van der Waals surface area contributed by atoms with Crippen LogP contribution in [-0.2, 0) is 6.18 Å². The zero-order valence-corrected chi connectivity index (χ0v) is 9.76. The molecule has 94 valence electrons. The SMILES string of the molecule is FC(F)(F)c1cccc(Nc2cccc(Cl)n2)c1. The van der Waals surface area contributed by atoms with Crippen molar-refractivity contribution in [3.8, 4) is 0 Å². The minimum atomic E-state index is -4.36. The minimum Gasteiger partial charge on any atom is -0.340 e. The Balaban J connectivity index is 2.25. The van der Waals surface area contributed by atoms with Gasteiger partial charge in [0.1, 0.15) is 11.0 Å². The number of hydrogen-bond donors (Lipinski definition) is 1. The Labute approximate surface area is 106 Å². The summed E-state index contributed by atoms with van der Waals surface area (Å²) in [6.07, 6.45) is -4.36. The highest BCUT2D eigenvalue weighted by Gasteiger charge is 2.30. The fraction of sp³-hybridized carbons (Fsp3) is 0.0833. The highest BCUT2D eigenvalue weighted by Crippen LogP contribution is 2.31. The van der Waals surface area contributed by atoms with Crippen molar-refractivity contribution in [2.45, 2.75) is 6.18 Å². The van der Waals surface area contributed by atoms with Crippen LogP contribution in [0.1, 0.15) is 5.56 Å². The van der Waals surface area contributed by atoms with E-state index in [9.17, 15) is 13.2 Å². The summed E-state index contributed by atoms with van der Waals surface area (Å²) in [7, 11) is 0. The van der Waals surface area contributed by atoms with Gasteiger partial charge in [0.25, 0.3) is 0 Å². The summed E-state index contributed by atoms with van der Waals surface area (Å²) in [5, 5.41) is 3.03. The molecule has 18 heavy (non-hydrogen) atoms. The lowest BCUT2D eigenvalue weighted by Crippen LogP contribution is -2.05. The van der Waals surface area contributed by atoms with E-state index in [2.05, 4.69) is 10.3 Å². The summed E-state index contributed by atoms with van der Waals surface area (Å²) in [5.41, 5.74) is -0.408. The summed E-state index contributed by atoms with van der Waals surface area (Å²) in [5.74, 6) is 0.391. The van der Waals surface area contributed by atoms with Crippen molar-refractivity contribution >= 4 is 23.1 Å². The maximum absolute atomic E-state index is 12.5. The van der Waals surface area contributed by atoms with Gasteiger partial charge in [-0.15, -0.1) is 0 Å². The van der Waals surface area contributed by atoms with E-state index in [-0.39, 0.29) is 5.15 Å². The smallest absolute Gasteiger partial charge is 0.340 e. The van der Waals surface area contributed by atoms with Crippen molar-refractivity contribution in [1.29, 1.82) is 0 Å². The molecule has 1 aromatic heterocycles. The van der Waals surface area contributed by atoms with Gasteiger partial charge in [0, 0.05) is 5.69 Å². The second kappa shape index (κ2) is 4.86. The first-order valence-electron chi connectivity index (χ1n) is 5.02. The molecule has 1 N–H and O–H groups in total. The van der Waals surface area contributed by atoms with E-state index in [0.29, 0.717) is 11.5 Å². The van der Waals surface area contributed by atoms with Crippen LogP contribution < -0.4 is 5.32 Å². The number of hydrogen-bond acceptors (Lipinski definition) is 2. The van der Waals surface area contributed by atoms with Crippen LogP contribution in [0.15, 0.2) is 42.5 Å². The van der Waals surface area contributed by atoms with Gasteiger partial charge in [0.05, 0.1) is 5.56 Å². The highest BCUT2D eigenvalue weighted by molar-refractivity contribution is 6.29. The fourth-order valence-corrected chi connectivity index (χ4v) is 1.56. The van der Waals surface area contributed by atoms with E-state index in [1.54, 1.807) is 18.2 Å². The first-order chi connectivity index (χ1) is 8.45. The van der Waals surface area contributed by atoms with Gasteiger partial charge in [0.15, 0.2) is 0 Å². The second-order valence-corrected chi connectivity index (χ2v) is 3.94. The van der Waals surface area contributed by atoms with Crippen LogP contribution in [0, 0.1) is 0 Å². The number of alkyl halides is 3. The lowest BCUT2D eigenvalue weighted by Gasteiger charge is -2.10. The molecule has 2 aromatic rings. The third-order valence-electron chi connectivity index (χ3n) is 2.18. The van der Waals surface area contributed by atoms with Crippen LogP contribution in [-0.4, -0.2) is 4.98 Å². The third kappa shape index (κ3) is 3.13. The van der Waals surface area contributed by atoms with Gasteiger partial charge in [0.2, 0.25) is 0 Å². The molecule has 0 atom stereocenters. The molecule has 0 spiro atoms. The van der Waals surface area contributed by atoms with Crippen LogP contribution in [0.3, 0.4) is 0 Å². The monoisotopic (exact) mass is 272 g/mol. The lowest BCUT2D eigenvalue weighted by atomic mass is 10.2. The molecule has 0 aliphatic rings. The number of rotatable bonds is 2. The van der Waals surface area contributed by atoms with Gasteiger partial charge in [-0.25, -0.2) is 4.98 Å². The molecule has 2 rings (SSSR count). The van der Waals surface area contributed by atoms with Gasteiger partial charge in [-0.1, -0.05) is 23.7 Å². The molecule has 0 saturated carbocycles. The predicted octanol–water partition coefficient (Wildman–Crippen LogP) is 4.50. The van der Waals surface area contributed by atoms with Crippen molar-refractivity contribution in [3.63, 3.8) is 0 Å². The van der Waals surface area contributed by atoms with Crippen LogP contribution >= 0.6 is 11.6 Å². The normalized spacial score (nSPS) is 11.3. The maximum Gasteiger partial charge on any atom is 0.416 e. The maximum atomic E-state index is 12.5. The van der Waals surface area contributed by atoms with E-state index >= 15 is 0 Å². The Bertz CT molecular complexity index is 555. The van der Waals surface area contributed by atoms with E-state index < -0.39 is 11.7 Å². The fourth-order valence-electron chi connectivity index (χ4n) is 1.40. The zero-order valence-electron chi connectivity index (χ0n) is 9.00. The predicted molar refractivity (Wildman–Crippen MR) is 64.0 cm³/mol. The quantitative estimate of drug-likeness (QED) is 0.814. The minimum absolute atomic E-state index is 0.270. The van der Waals surface area contributed by atoms with Crippen LogP contribution in [0.5, 0.6) is 0 Å².